The molecule has 0 saturated heterocycles. The van der Waals surface area contributed by atoms with Gasteiger partial charge in [0.15, 0.2) is 0 Å². The highest BCUT2D eigenvalue weighted by Crippen LogP contribution is 2.14. The van der Waals surface area contributed by atoms with Crippen molar-refractivity contribution in [1.29, 1.82) is 0 Å². The van der Waals surface area contributed by atoms with E-state index >= 15 is 0 Å². The zero-order valence-corrected chi connectivity index (χ0v) is 17.2. The fraction of sp³-hybridized carbons (Fsp3) is 1.00. The van der Waals surface area contributed by atoms with Crippen LogP contribution in [0.4, 0.5) is 0 Å². The number of aliphatic hydroxyl groups excluding tert-OH is 2. The molecule has 1 unspecified atom stereocenters. The van der Waals surface area contributed by atoms with E-state index in [-0.39, 0.29) is 12.7 Å². The maximum atomic E-state index is 9.95. The molecule has 0 radical (unpaired) electrons. The van der Waals surface area contributed by atoms with E-state index in [1.165, 1.54) is 96.3 Å². The highest BCUT2D eigenvalue weighted by molar-refractivity contribution is 4.57. The second-order valence-electron chi connectivity index (χ2n) is 7.14. The van der Waals surface area contributed by atoms with Crippen molar-refractivity contribution in [3.8, 4) is 0 Å². The Kier molecular flexibility index (Phi) is 27.4. The molecule has 0 saturated carbocycles. The quantitative estimate of drug-likeness (QED) is 0.278. The Labute approximate surface area is 153 Å². The minimum atomic E-state index is -0.0271. The summed E-state index contributed by atoms with van der Waals surface area (Å²) in [4.78, 5) is 0. The van der Waals surface area contributed by atoms with Crippen molar-refractivity contribution < 1.29 is 10.2 Å². The second kappa shape index (κ2) is 25.2. The van der Waals surface area contributed by atoms with Gasteiger partial charge in [-0.25, -0.2) is 0 Å². The molecule has 0 bridgehead atoms. The van der Waals surface area contributed by atoms with Crippen molar-refractivity contribution in [2.75, 3.05) is 6.61 Å². The molecule has 0 spiro atoms. The van der Waals surface area contributed by atoms with Crippen LogP contribution in [-0.2, 0) is 0 Å². The first-order chi connectivity index (χ1) is 11.7. The number of aliphatic hydroxyl groups is 2. The first kappa shape index (κ1) is 26.2. The van der Waals surface area contributed by atoms with Crippen LogP contribution in [-0.4, -0.2) is 22.9 Å². The van der Waals surface area contributed by atoms with Crippen LogP contribution in [0.5, 0.6) is 0 Å². The molecule has 0 aliphatic carbocycles. The SMILES string of the molecule is CCCCCCCCCCCC(O)CCCCCCCC.CCO. The van der Waals surface area contributed by atoms with Gasteiger partial charge in [-0.3, -0.25) is 0 Å². The van der Waals surface area contributed by atoms with E-state index in [9.17, 15) is 5.11 Å². The standard InChI is InChI=1S/C20H42O.C2H6O/c1-3-5-7-9-11-12-13-15-17-19-20(21)18-16-14-10-8-6-4-2;1-2-3/h20-21H,3-19H2,1-2H3;3H,2H2,1H3. The Morgan fingerprint density at radius 1 is 0.500 bits per heavy atom. The lowest BCUT2D eigenvalue weighted by atomic mass is 10.0. The van der Waals surface area contributed by atoms with E-state index in [2.05, 4.69) is 13.8 Å². The van der Waals surface area contributed by atoms with E-state index in [4.69, 9.17) is 5.11 Å². The average Bonchev–Trinajstić information content (AvgIpc) is 2.57. The fourth-order valence-electron chi connectivity index (χ4n) is 3.00. The summed E-state index contributed by atoms with van der Waals surface area (Å²) in [5, 5.41) is 17.5. The topological polar surface area (TPSA) is 40.5 Å². The van der Waals surface area contributed by atoms with E-state index in [1.807, 2.05) is 0 Å². The van der Waals surface area contributed by atoms with Gasteiger partial charge in [0.1, 0.15) is 0 Å². The summed E-state index contributed by atoms with van der Waals surface area (Å²) < 4.78 is 0. The van der Waals surface area contributed by atoms with Crippen LogP contribution >= 0.6 is 0 Å². The largest absolute Gasteiger partial charge is 0.397 e. The molecule has 0 amide bonds. The Balaban J connectivity index is 0. The highest BCUT2D eigenvalue weighted by Gasteiger charge is 2.03. The Bertz CT molecular complexity index is 194. The van der Waals surface area contributed by atoms with E-state index in [0.29, 0.717) is 0 Å². The summed E-state index contributed by atoms with van der Waals surface area (Å²) >= 11 is 0. The van der Waals surface area contributed by atoms with Crippen molar-refractivity contribution in [2.45, 2.75) is 136 Å². The van der Waals surface area contributed by atoms with E-state index < -0.39 is 0 Å². The summed E-state index contributed by atoms with van der Waals surface area (Å²) in [6, 6.07) is 0. The summed E-state index contributed by atoms with van der Waals surface area (Å²) in [5.41, 5.74) is 0. The molecular formula is C22H48O2. The molecule has 0 rings (SSSR count). The van der Waals surface area contributed by atoms with Crippen LogP contribution in [0.3, 0.4) is 0 Å². The molecule has 0 aromatic carbocycles. The molecule has 2 heteroatoms. The maximum Gasteiger partial charge on any atom is 0.0540 e. The molecule has 2 N–H and O–H groups in total. The van der Waals surface area contributed by atoms with Gasteiger partial charge in [-0.1, -0.05) is 110 Å². The van der Waals surface area contributed by atoms with Gasteiger partial charge in [-0.15, -0.1) is 0 Å². The smallest absolute Gasteiger partial charge is 0.0540 e. The van der Waals surface area contributed by atoms with Gasteiger partial charge in [-0.2, -0.15) is 0 Å². The monoisotopic (exact) mass is 344 g/mol. The number of hydrogen-bond donors (Lipinski definition) is 2. The molecule has 0 aliphatic heterocycles. The van der Waals surface area contributed by atoms with Crippen LogP contribution < -0.4 is 0 Å². The Hall–Kier alpha value is -0.0800. The number of unbranched alkanes of at least 4 members (excludes halogenated alkanes) is 13. The summed E-state index contributed by atoms with van der Waals surface area (Å²) in [7, 11) is 0. The van der Waals surface area contributed by atoms with Crippen molar-refractivity contribution in [3.63, 3.8) is 0 Å². The predicted octanol–water partition coefficient (Wildman–Crippen LogP) is 7.02. The minimum absolute atomic E-state index is 0.0271. The van der Waals surface area contributed by atoms with Crippen LogP contribution in [0.2, 0.25) is 0 Å². The summed E-state index contributed by atoms with van der Waals surface area (Å²) in [5.74, 6) is 0. The number of hydrogen-bond acceptors (Lipinski definition) is 2. The Morgan fingerprint density at radius 2 is 0.750 bits per heavy atom. The lowest BCUT2D eigenvalue weighted by Crippen LogP contribution is -2.05. The maximum absolute atomic E-state index is 9.95. The van der Waals surface area contributed by atoms with Crippen LogP contribution in [0.25, 0.3) is 0 Å². The lowest BCUT2D eigenvalue weighted by molar-refractivity contribution is 0.147. The van der Waals surface area contributed by atoms with E-state index in [0.717, 1.165) is 12.8 Å². The normalized spacial score (nSPS) is 11.9. The molecule has 0 heterocycles. The third kappa shape index (κ3) is 26.8. The molecular weight excluding hydrogens is 296 g/mol. The molecule has 0 aromatic heterocycles. The molecule has 0 aliphatic rings. The molecule has 0 aromatic rings. The van der Waals surface area contributed by atoms with E-state index in [1.54, 1.807) is 6.92 Å². The van der Waals surface area contributed by atoms with Gasteiger partial charge in [0.05, 0.1) is 6.10 Å². The van der Waals surface area contributed by atoms with Crippen molar-refractivity contribution in [2.24, 2.45) is 0 Å². The van der Waals surface area contributed by atoms with Crippen LogP contribution in [0.1, 0.15) is 130 Å². The molecule has 2 nitrogen and oxygen atoms in total. The highest BCUT2D eigenvalue weighted by atomic mass is 16.3. The predicted molar refractivity (Wildman–Crippen MR) is 109 cm³/mol. The van der Waals surface area contributed by atoms with Gasteiger partial charge in [0.25, 0.3) is 0 Å². The zero-order valence-electron chi connectivity index (χ0n) is 17.2. The summed E-state index contributed by atoms with van der Waals surface area (Å²) in [6.45, 7) is 6.46. The third-order valence-corrected chi connectivity index (χ3v) is 4.53. The summed E-state index contributed by atoms with van der Waals surface area (Å²) in [6.07, 6.45) is 22.3. The van der Waals surface area contributed by atoms with Crippen molar-refractivity contribution in [3.05, 3.63) is 0 Å². The van der Waals surface area contributed by atoms with Crippen molar-refractivity contribution >= 4 is 0 Å². The van der Waals surface area contributed by atoms with Crippen LogP contribution in [0, 0.1) is 0 Å². The van der Waals surface area contributed by atoms with Gasteiger partial charge in [-0.05, 0) is 19.8 Å². The van der Waals surface area contributed by atoms with Crippen LogP contribution in [0.15, 0.2) is 0 Å². The molecule has 24 heavy (non-hydrogen) atoms. The minimum Gasteiger partial charge on any atom is -0.397 e. The molecule has 0 fully saturated rings. The first-order valence-electron chi connectivity index (χ1n) is 11.0. The average molecular weight is 345 g/mol. The number of rotatable bonds is 17. The lowest BCUT2D eigenvalue weighted by Gasteiger charge is -2.10. The Morgan fingerprint density at radius 3 is 1.04 bits per heavy atom. The molecule has 148 valence electrons. The second-order valence-corrected chi connectivity index (χ2v) is 7.14. The zero-order chi connectivity index (χ0) is 18.3. The first-order valence-corrected chi connectivity index (χ1v) is 11.0. The molecule has 1 atom stereocenters. The van der Waals surface area contributed by atoms with Gasteiger partial charge < -0.3 is 10.2 Å². The third-order valence-electron chi connectivity index (χ3n) is 4.53. The van der Waals surface area contributed by atoms with Gasteiger partial charge >= 0.3 is 0 Å². The van der Waals surface area contributed by atoms with Crippen molar-refractivity contribution in [1.82, 2.24) is 0 Å². The fourth-order valence-corrected chi connectivity index (χ4v) is 3.00. The van der Waals surface area contributed by atoms with Gasteiger partial charge in [0, 0.05) is 6.61 Å². The van der Waals surface area contributed by atoms with Gasteiger partial charge in [0.2, 0.25) is 0 Å².